The molecule has 0 aliphatic heterocycles. The lowest BCUT2D eigenvalue weighted by atomic mass is 10.1. The molecule has 1 N–H and O–H groups in total. The van der Waals surface area contributed by atoms with Gasteiger partial charge in [-0.2, -0.15) is 0 Å². The third-order valence-corrected chi connectivity index (χ3v) is 3.01. The van der Waals surface area contributed by atoms with Gasteiger partial charge in [0.1, 0.15) is 17.5 Å². The van der Waals surface area contributed by atoms with Crippen molar-refractivity contribution < 1.29 is 8.78 Å². The first-order valence-corrected chi connectivity index (χ1v) is 6.95. The molecule has 0 saturated carbocycles. The molecule has 0 spiro atoms. The first-order chi connectivity index (χ1) is 9.94. The number of nitrogens with one attached hydrogen (secondary N) is 1. The largest absolute Gasteiger partial charge is 0.309 e. The molecule has 0 bridgehead atoms. The van der Waals surface area contributed by atoms with Crippen LogP contribution in [0.1, 0.15) is 36.6 Å². The van der Waals surface area contributed by atoms with Crippen LogP contribution >= 0.6 is 0 Å². The number of hydrogen-bond acceptors (Lipinski definition) is 3. The molecule has 0 fully saturated rings. The van der Waals surface area contributed by atoms with E-state index in [1.54, 1.807) is 0 Å². The summed E-state index contributed by atoms with van der Waals surface area (Å²) in [5, 5.41) is 3.28. The molecule has 5 heteroatoms. The molecular weight excluding hydrogens is 272 g/mol. The number of hydrogen-bond donors (Lipinski definition) is 1. The lowest BCUT2D eigenvalue weighted by Gasteiger charge is -2.10. The zero-order valence-electron chi connectivity index (χ0n) is 12.5. The minimum absolute atomic E-state index is 0.252. The highest BCUT2D eigenvalue weighted by atomic mass is 19.1. The van der Waals surface area contributed by atoms with E-state index in [1.165, 1.54) is 12.1 Å². The summed E-state index contributed by atoms with van der Waals surface area (Å²) in [5.74, 6) is -0.605. The van der Waals surface area contributed by atoms with Gasteiger partial charge in [0, 0.05) is 30.8 Å². The maximum absolute atomic E-state index is 13.7. The number of benzene rings is 1. The Labute approximate surface area is 123 Å². The average molecular weight is 291 g/mol. The summed E-state index contributed by atoms with van der Waals surface area (Å²) in [4.78, 5) is 8.75. The highest BCUT2D eigenvalue weighted by Gasteiger charge is 2.09. The van der Waals surface area contributed by atoms with E-state index in [0.29, 0.717) is 24.0 Å². The molecule has 0 aliphatic carbocycles. The molecule has 0 saturated heterocycles. The number of nitrogens with zero attached hydrogens (tertiary/aromatic N) is 2. The highest BCUT2D eigenvalue weighted by Crippen LogP contribution is 2.13. The number of aromatic nitrogens is 2. The van der Waals surface area contributed by atoms with Crippen LogP contribution < -0.4 is 5.32 Å². The second-order valence-corrected chi connectivity index (χ2v) is 5.37. The van der Waals surface area contributed by atoms with Crippen LogP contribution in [0.2, 0.25) is 0 Å². The number of rotatable bonds is 5. The third kappa shape index (κ3) is 4.56. The van der Waals surface area contributed by atoms with Gasteiger partial charge in [-0.25, -0.2) is 18.7 Å². The molecule has 0 radical (unpaired) electrons. The second-order valence-electron chi connectivity index (χ2n) is 5.37. The Hall–Kier alpha value is -1.88. The molecule has 1 heterocycles. The smallest absolute Gasteiger partial charge is 0.133 e. The van der Waals surface area contributed by atoms with E-state index in [0.717, 1.165) is 17.5 Å². The molecule has 0 aliphatic rings. The molecule has 3 nitrogen and oxygen atoms in total. The SMILES string of the molecule is Cc1cc(CNC(C)C)nc(Cc2ccc(F)cc2F)n1. The fraction of sp³-hybridized carbons (Fsp3) is 0.375. The maximum atomic E-state index is 13.7. The van der Waals surface area contributed by atoms with Gasteiger partial charge in [0.15, 0.2) is 0 Å². The summed E-state index contributed by atoms with van der Waals surface area (Å²) in [6, 6.07) is 5.82. The van der Waals surface area contributed by atoms with Gasteiger partial charge in [-0.3, -0.25) is 0 Å². The van der Waals surface area contributed by atoms with Crippen LogP contribution in [0.5, 0.6) is 0 Å². The quantitative estimate of drug-likeness (QED) is 0.919. The summed E-state index contributed by atoms with van der Waals surface area (Å²) in [6.45, 7) is 6.64. The highest BCUT2D eigenvalue weighted by molar-refractivity contribution is 5.23. The minimum atomic E-state index is -0.580. The van der Waals surface area contributed by atoms with Crippen molar-refractivity contribution in [1.29, 1.82) is 0 Å². The fourth-order valence-electron chi connectivity index (χ4n) is 2.01. The van der Waals surface area contributed by atoms with Crippen LogP contribution in [0.25, 0.3) is 0 Å². The number of aryl methyl sites for hydroxylation is 1. The van der Waals surface area contributed by atoms with Crippen LogP contribution in [-0.2, 0) is 13.0 Å². The normalized spacial score (nSPS) is 11.1. The third-order valence-electron chi connectivity index (χ3n) is 3.01. The van der Waals surface area contributed by atoms with Crippen LogP contribution in [0, 0.1) is 18.6 Å². The molecule has 1 aromatic heterocycles. The number of halogens is 2. The summed E-state index contributed by atoms with van der Waals surface area (Å²) in [7, 11) is 0. The summed E-state index contributed by atoms with van der Waals surface area (Å²) < 4.78 is 26.6. The van der Waals surface area contributed by atoms with Gasteiger partial charge in [-0.05, 0) is 24.6 Å². The van der Waals surface area contributed by atoms with Crippen LogP contribution in [0.15, 0.2) is 24.3 Å². The Balaban J connectivity index is 2.19. The zero-order valence-corrected chi connectivity index (χ0v) is 12.5. The molecule has 1 aromatic carbocycles. The van der Waals surface area contributed by atoms with E-state index in [4.69, 9.17) is 0 Å². The topological polar surface area (TPSA) is 37.8 Å². The van der Waals surface area contributed by atoms with E-state index < -0.39 is 11.6 Å². The lowest BCUT2D eigenvalue weighted by molar-refractivity contribution is 0.571. The second kappa shape index (κ2) is 6.72. The molecule has 0 amide bonds. The summed E-state index contributed by atoms with van der Waals surface area (Å²) in [5.41, 5.74) is 2.10. The van der Waals surface area contributed by atoms with Gasteiger partial charge in [0.05, 0.1) is 5.69 Å². The van der Waals surface area contributed by atoms with Crippen LogP contribution in [-0.4, -0.2) is 16.0 Å². The van der Waals surface area contributed by atoms with Crippen molar-refractivity contribution in [2.45, 2.75) is 39.8 Å². The van der Waals surface area contributed by atoms with Crippen molar-refractivity contribution in [3.05, 3.63) is 58.7 Å². The Morgan fingerprint density at radius 3 is 2.57 bits per heavy atom. The van der Waals surface area contributed by atoms with Crippen molar-refractivity contribution in [3.8, 4) is 0 Å². The first kappa shape index (κ1) is 15.5. The van der Waals surface area contributed by atoms with E-state index in [9.17, 15) is 8.78 Å². The monoisotopic (exact) mass is 291 g/mol. The van der Waals surface area contributed by atoms with Crippen molar-refractivity contribution in [1.82, 2.24) is 15.3 Å². The first-order valence-electron chi connectivity index (χ1n) is 6.95. The Kier molecular flexibility index (Phi) is 4.96. The summed E-state index contributed by atoms with van der Waals surface area (Å²) >= 11 is 0. The van der Waals surface area contributed by atoms with E-state index in [1.807, 2.05) is 13.0 Å². The van der Waals surface area contributed by atoms with Gasteiger partial charge in [-0.15, -0.1) is 0 Å². The van der Waals surface area contributed by atoms with Crippen LogP contribution in [0.4, 0.5) is 8.78 Å². The maximum Gasteiger partial charge on any atom is 0.133 e. The van der Waals surface area contributed by atoms with E-state index in [-0.39, 0.29) is 6.42 Å². The lowest BCUT2D eigenvalue weighted by Crippen LogP contribution is -2.23. The van der Waals surface area contributed by atoms with Gasteiger partial charge >= 0.3 is 0 Å². The van der Waals surface area contributed by atoms with Crippen molar-refractivity contribution in [3.63, 3.8) is 0 Å². The predicted molar refractivity (Wildman–Crippen MR) is 77.9 cm³/mol. The van der Waals surface area contributed by atoms with Gasteiger partial charge in [0.25, 0.3) is 0 Å². The molecule has 21 heavy (non-hydrogen) atoms. The van der Waals surface area contributed by atoms with Gasteiger partial charge in [-0.1, -0.05) is 19.9 Å². The molecule has 2 rings (SSSR count). The van der Waals surface area contributed by atoms with E-state index >= 15 is 0 Å². The molecular formula is C16H19F2N3. The zero-order chi connectivity index (χ0) is 15.4. The summed E-state index contributed by atoms with van der Waals surface area (Å²) in [6.07, 6.45) is 0.252. The molecule has 0 atom stereocenters. The molecule has 112 valence electrons. The Bertz CT molecular complexity index is 627. The van der Waals surface area contributed by atoms with Crippen molar-refractivity contribution in [2.75, 3.05) is 0 Å². The van der Waals surface area contributed by atoms with Gasteiger partial charge < -0.3 is 5.32 Å². The van der Waals surface area contributed by atoms with Gasteiger partial charge in [0.2, 0.25) is 0 Å². The van der Waals surface area contributed by atoms with Crippen molar-refractivity contribution >= 4 is 0 Å². The Morgan fingerprint density at radius 2 is 1.90 bits per heavy atom. The Morgan fingerprint density at radius 1 is 1.14 bits per heavy atom. The average Bonchev–Trinajstić information content (AvgIpc) is 2.39. The minimum Gasteiger partial charge on any atom is -0.309 e. The fourth-order valence-corrected chi connectivity index (χ4v) is 2.01. The van der Waals surface area contributed by atoms with Crippen molar-refractivity contribution in [2.24, 2.45) is 0 Å². The standard InChI is InChI=1S/C16H19F2N3/c1-10(2)19-9-14-6-11(3)20-16(21-14)7-12-4-5-13(17)8-15(12)18/h4-6,8,10,19H,7,9H2,1-3H3. The molecule has 0 unspecified atom stereocenters. The molecule has 2 aromatic rings. The predicted octanol–water partition coefficient (Wildman–Crippen LogP) is 3.15. The van der Waals surface area contributed by atoms with Crippen LogP contribution in [0.3, 0.4) is 0 Å². The van der Waals surface area contributed by atoms with E-state index in [2.05, 4.69) is 29.1 Å².